The monoisotopic (exact) mass is 460 g/mol. The summed E-state index contributed by atoms with van der Waals surface area (Å²) in [6.07, 6.45) is 0.854. The minimum absolute atomic E-state index is 0.0293. The number of morpholine rings is 1. The Balaban J connectivity index is 1.63. The molecule has 0 bridgehead atoms. The molecule has 2 heterocycles. The zero-order valence-corrected chi connectivity index (χ0v) is 18.9. The molecule has 3 aromatic carbocycles. The molecule has 33 heavy (non-hydrogen) atoms. The van der Waals surface area contributed by atoms with Crippen LogP contribution in [0.1, 0.15) is 11.1 Å². The Kier molecular flexibility index (Phi) is 5.86. The fourth-order valence-corrected chi connectivity index (χ4v) is 4.52. The Hall–Kier alpha value is -3.24. The molecule has 0 amide bonds. The third kappa shape index (κ3) is 4.23. The summed E-state index contributed by atoms with van der Waals surface area (Å²) in [6.45, 7) is 2.37. The maximum atomic E-state index is 14.5. The third-order valence-electron chi connectivity index (χ3n) is 6.02. The van der Waals surface area contributed by atoms with Gasteiger partial charge in [-0.25, -0.2) is 4.39 Å². The standard InChI is InChI=1S/C26H22ClFN4O/c1-32-26(27)23-12-17(5-7-25(23)31-32)21-6-2-16(10-20-15-30-8-9-33-20)11-22(21)18-3-4-19(14-29)24(28)13-18/h2-7,11-13,20,30H,8-10,15H2,1H3. The number of halogens is 2. The molecule has 1 N–H and O–H groups in total. The van der Waals surface area contributed by atoms with Gasteiger partial charge in [-0.1, -0.05) is 41.9 Å². The topological polar surface area (TPSA) is 62.9 Å². The van der Waals surface area contributed by atoms with Crippen LogP contribution in [0.15, 0.2) is 54.6 Å². The van der Waals surface area contributed by atoms with Gasteiger partial charge in [0.05, 0.1) is 23.8 Å². The molecule has 5 rings (SSSR count). The third-order valence-corrected chi connectivity index (χ3v) is 6.47. The van der Waals surface area contributed by atoms with Gasteiger partial charge in [-0.3, -0.25) is 4.68 Å². The number of rotatable bonds is 4. The van der Waals surface area contributed by atoms with Crippen LogP contribution in [0, 0.1) is 17.1 Å². The average molecular weight is 461 g/mol. The maximum absolute atomic E-state index is 14.5. The molecule has 1 unspecified atom stereocenters. The smallest absolute Gasteiger partial charge is 0.141 e. The highest BCUT2D eigenvalue weighted by atomic mass is 35.5. The summed E-state index contributed by atoms with van der Waals surface area (Å²) in [5.41, 5.74) is 5.46. The van der Waals surface area contributed by atoms with E-state index in [1.54, 1.807) is 10.7 Å². The number of nitriles is 1. The molecule has 1 aliphatic rings. The lowest BCUT2D eigenvalue weighted by atomic mass is 9.90. The highest BCUT2D eigenvalue weighted by Gasteiger charge is 2.17. The Morgan fingerprint density at radius 1 is 1.15 bits per heavy atom. The van der Waals surface area contributed by atoms with Crippen molar-refractivity contribution in [1.29, 1.82) is 5.26 Å². The maximum Gasteiger partial charge on any atom is 0.141 e. The van der Waals surface area contributed by atoms with Crippen LogP contribution in [0.3, 0.4) is 0 Å². The number of aromatic nitrogens is 2. The zero-order chi connectivity index (χ0) is 22.9. The number of nitrogens with one attached hydrogen (secondary N) is 1. The van der Waals surface area contributed by atoms with Gasteiger partial charge in [0.2, 0.25) is 0 Å². The van der Waals surface area contributed by atoms with Crippen molar-refractivity contribution in [3.8, 4) is 28.3 Å². The molecule has 5 nitrogen and oxygen atoms in total. The molecule has 0 spiro atoms. The summed E-state index contributed by atoms with van der Waals surface area (Å²) in [5, 5.41) is 18.3. The SMILES string of the molecule is Cn1nc2ccc(-c3ccc(CC4CNCCO4)cc3-c3ccc(C#N)c(F)c3)cc2c1Cl. The quantitative estimate of drug-likeness (QED) is 0.460. The summed E-state index contributed by atoms with van der Waals surface area (Å²) in [7, 11) is 1.81. The summed E-state index contributed by atoms with van der Waals surface area (Å²) < 4.78 is 22.0. The second-order valence-electron chi connectivity index (χ2n) is 8.23. The minimum Gasteiger partial charge on any atom is -0.375 e. The van der Waals surface area contributed by atoms with E-state index in [0.717, 1.165) is 52.7 Å². The summed E-state index contributed by atoms with van der Waals surface area (Å²) in [4.78, 5) is 0. The molecular formula is C26H22ClFN4O. The zero-order valence-electron chi connectivity index (χ0n) is 18.1. The normalized spacial score (nSPS) is 16.1. The molecule has 1 saturated heterocycles. The first-order valence-corrected chi connectivity index (χ1v) is 11.2. The summed E-state index contributed by atoms with van der Waals surface area (Å²) >= 11 is 6.45. The fraction of sp³-hybridized carbons (Fsp3) is 0.231. The molecule has 0 radical (unpaired) electrons. The lowest BCUT2D eigenvalue weighted by Gasteiger charge is -2.24. The minimum atomic E-state index is -0.531. The van der Waals surface area contributed by atoms with Crippen molar-refractivity contribution in [2.24, 2.45) is 7.05 Å². The Morgan fingerprint density at radius 2 is 1.97 bits per heavy atom. The number of hydrogen-bond donors (Lipinski definition) is 1. The van der Waals surface area contributed by atoms with Crippen molar-refractivity contribution in [3.63, 3.8) is 0 Å². The van der Waals surface area contributed by atoms with Gasteiger partial charge < -0.3 is 10.1 Å². The first-order chi connectivity index (χ1) is 16.0. The van der Waals surface area contributed by atoms with E-state index in [9.17, 15) is 4.39 Å². The highest BCUT2D eigenvalue weighted by Crippen LogP contribution is 2.36. The van der Waals surface area contributed by atoms with E-state index in [0.29, 0.717) is 17.3 Å². The Bertz CT molecular complexity index is 1390. The van der Waals surface area contributed by atoms with Crippen molar-refractivity contribution in [2.75, 3.05) is 19.7 Å². The molecule has 1 aromatic heterocycles. The second-order valence-corrected chi connectivity index (χ2v) is 8.59. The molecule has 7 heteroatoms. The van der Waals surface area contributed by atoms with Crippen LogP contribution in [0.25, 0.3) is 33.2 Å². The molecule has 4 aromatic rings. The second kappa shape index (κ2) is 8.95. The molecule has 166 valence electrons. The van der Waals surface area contributed by atoms with Gasteiger partial charge >= 0.3 is 0 Å². The predicted octanol–water partition coefficient (Wildman–Crippen LogP) is 5.10. The van der Waals surface area contributed by atoms with Gasteiger partial charge in [0.15, 0.2) is 0 Å². The number of hydrogen-bond acceptors (Lipinski definition) is 4. The van der Waals surface area contributed by atoms with Crippen molar-refractivity contribution in [3.05, 3.63) is 76.7 Å². The van der Waals surface area contributed by atoms with Crippen molar-refractivity contribution in [1.82, 2.24) is 15.1 Å². The van der Waals surface area contributed by atoms with E-state index in [1.165, 1.54) is 12.1 Å². The van der Waals surface area contributed by atoms with Gasteiger partial charge in [0.1, 0.15) is 17.0 Å². The molecule has 1 aliphatic heterocycles. The van der Waals surface area contributed by atoms with E-state index >= 15 is 0 Å². The van der Waals surface area contributed by atoms with Crippen LogP contribution < -0.4 is 5.32 Å². The van der Waals surface area contributed by atoms with E-state index in [2.05, 4.69) is 28.6 Å². The van der Waals surface area contributed by atoms with E-state index in [1.807, 2.05) is 31.3 Å². The Labute approximate surface area is 196 Å². The molecular weight excluding hydrogens is 439 g/mol. The fourth-order valence-electron chi connectivity index (χ4n) is 4.33. The predicted molar refractivity (Wildman–Crippen MR) is 128 cm³/mol. The summed E-state index contributed by atoms with van der Waals surface area (Å²) in [6, 6.07) is 18.8. The largest absolute Gasteiger partial charge is 0.375 e. The van der Waals surface area contributed by atoms with Crippen LogP contribution in [-0.4, -0.2) is 35.6 Å². The van der Waals surface area contributed by atoms with Gasteiger partial charge in [-0.15, -0.1) is 0 Å². The van der Waals surface area contributed by atoms with Crippen LogP contribution in [0.4, 0.5) is 4.39 Å². The Morgan fingerprint density at radius 3 is 2.73 bits per heavy atom. The van der Waals surface area contributed by atoms with Gasteiger partial charge in [0, 0.05) is 25.5 Å². The number of nitrogens with zero attached hydrogens (tertiary/aromatic N) is 3. The average Bonchev–Trinajstić information content (AvgIpc) is 3.12. The molecule has 0 aliphatic carbocycles. The van der Waals surface area contributed by atoms with Crippen molar-refractivity contribution >= 4 is 22.5 Å². The molecule has 1 fully saturated rings. The van der Waals surface area contributed by atoms with Gasteiger partial charge in [0.25, 0.3) is 0 Å². The number of fused-ring (bicyclic) bond motifs is 1. The van der Waals surface area contributed by atoms with E-state index in [4.69, 9.17) is 21.6 Å². The number of aryl methyl sites for hydroxylation is 1. The molecule has 1 atom stereocenters. The van der Waals surface area contributed by atoms with Crippen LogP contribution >= 0.6 is 11.6 Å². The van der Waals surface area contributed by atoms with Gasteiger partial charge in [-0.2, -0.15) is 10.4 Å². The highest BCUT2D eigenvalue weighted by molar-refractivity contribution is 6.34. The first-order valence-electron chi connectivity index (χ1n) is 10.8. The number of ether oxygens (including phenoxy) is 1. The van der Waals surface area contributed by atoms with E-state index < -0.39 is 5.82 Å². The number of benzene rings is 3. The first kappa shape index (κ1) is 21.6. The van der Waals surface area contributed by atoms with E-state index in [-0.39, 0.29) is 11.7 Å². The lowest BCUT2D eigenvalue weighted by Crippen LogP contribution is -2.39. The van der Waals surface area contributed by atoms with Gasteiger partial charge in [-0.05, 0) is 58.5 Å². The van der Waals surface area contributed by atoms with Crippen molar-refractivity contribution < 1.29 is 9.13 Å². The van der Waals surface area contributed by atoms with Crippen molar-refractivity contribution in [2.45, 2.75) is 12.5 Å². The van der Waals surface area contributed by atoms with Crippen LogP contribution in [0.2, 0.25) is 5.15 Å². The molecule has 0 saturated carbocycles. The lowest BCUT2D eigenvalue weighted by molar-refractivity contribution is 0.0292. The van der Waals surface area contributed by atoms with Crippen LogP contribution in [0.5, 0.6) is 0 Å². The summed E-state index contributed by atoms with van der Waals surface area (Å²) in [5.74, 6) is -0.531. The van der Waals surface area contributed by atoms with Crippen LogP contribution in [-0.2, 0) is 18.2 Å².